The van der Waals surface area contributed by atoms with Gasteiger partial charge in [0.2, 0.25) is 17.7 Å². The molecule has 0 fully saturated rings. The molecule has 0 spiro atoms. The summed E-state index contributed by atoms with van der Waals surface area (Å²) in [6.07, 6.45) is 1.69. The maximum atomic E-state index is 12.5. The lowest BCUT2D eigenvalue weighted by Crippen LogP contribution is -2.54. The summed E-state index contributed by atoms with van der Waals surface area (Å²) < 4.78 is 0. The zero-order valence-corrected chi connectivity index (χ0v) is 18.5. The number of carboxylic acids is 1. The first-order chi connectivity index (χ1) is 15.2. The van der Waals surface area contributed by atoms with E-state index < -0.39 is 48.4 Å². The molecule has 1 rings (SSSR count). The summed E-state index contributed by atoms with van der Waals surface area (Å²) in [6.45, 7) is -0.0371. The average molecular weight is 470 g/mol. The fourth-order valence-electron chi connectivity index (χ4n) is 2.74. The Balaban J connectivity index is 2.67. The monoisotopic (exact) mass is 469 g/mol. The van der Waals surface area contributed by atoms with Crippen LogP contribution in [-0.4, -0.2) is 70.9 Å². The lowest BCUT2D eigenvalue weighted by Gasteiger charge is -2.21. The Hall–Kier alpha value is -2.83. The number of phenols is 1. The number of carbonyl (C=O) groups excluding carboxylic acids is 3. The second-order valence-electron chi connectivity index (χ2n) is 7.18. The second-order valence-corrected chi connectivity index (χ2v) is 7.55. The zero-order valence-electron chi connectivity index (χ0n) is 17.6. The van der Waals surface area contributed by atoms with Crippen molar-refractivity contribution in [3.8, 4) is 5.75 Å². The van der Waals surface area contributed by atoms with Crippen LogP contribution in [0.2, 0.25) is 0 Å². The Bertz CT molecular complexity index is 776. The van der Waals surface area contributed by atoms with Crippen LogP contribution in [0.3, 0.4) is 0 Å². The van der Waals surface area contributed by atoms with Crippen LogP contribution in [0, 0.1) is 0 Å². The lowest BCUT2D eigenvalue weighted by atomic mass is 10.0. The molecule has 3 atom stereocenters. The van der Waals surface area contributed by atoms with Crippen molar-refractivity contribution in [1.29, 1.82) is 0 Å². The molecular weight excluding hydrogens is 438 g/mol. The number of benzene rings is 1. The van der Waals surface area contributed by atoms with Crippen molar-refractivity contribution in [3.63, 3.8) is 0 Å². The van der Waals surface area contributed by atoms with Gasteiger partial charge in [-0.25, -0.2) is 4.79 Å². The summed E-state index contributed by atoms with van der Waals surface area (Å²) >= 11 is 3.85. The third kappa shape index (κ3) is 9.98. The van der Waals surface area contributed by atoms with E-state index in [9.17, 15) is 24.3 Å². The molecule has 0 heterocycles. The Morgan fingerprint density at radius 3 is 2.22 bits per heavy atom. The van der Waals surface area contributed by atoms with Gasteiger partial charge in [0.25, 0.3) is 0 Å². The van der Waals surface area contributed by atoms with Crippen LogP contribution < -0.4 is 27.4 Å². The number of nitrogens with two attached hydrogens (primary N) is 2. The van der Waals surface area contributed by atoms with Crippen molar-refractivity contribution in [2.45, 2.75) is 43.8 Å². The first-order valence-corrected chi connectivity index (χ1v) is 10.8. The number of unbranched alkanes of at least 4 members (excludes halogenated alkanes) is 1. The van der Waals surface area contributed by atoms with E-state index in [1.807, 2.05) is 0 Å². The highest BCUT2D eigenvalue weighted by Gasteiger charge is 2.25. The van der Waals surface area contributed by atoms with Crippen molar-refractivity contribution in [3.05, 3.63) is 29.8 Å². The van der Waals surface area contributed by atoms with Gasteiger partial charge in [-0.15, -0.1) is 0 Å². The smallest absolute Gasteiger partial charge is 0.327 e. The number of rotatable bonds is 14. The SMILES string of the molecule is NCCCCC(NC(=O)C(N)Cc1ccc(O)cc1)C(=O)NCC(=O)NC(CS)C(=O)O. The molecule has 1 aromatic rings. The highest BCUT2D eigenvalue weighted by Crippen LogP contribution is 2.11. The van der Waals surface area contributed by atoms with Crippen LogP contribution in [0.25, 0.3) is 0 Å². The molecule has 11 nitrogen and oxygen atoms in total. The van der Waals surface area contributed by atoms with Crippen LogP contribution in [-0.2, 0) is 25.6 Å². The molecule has 12 heteroatoms. The maximum absolute atomic E-state index is 12.5. The lowest BCUT2D eigenvalue weighted by molar-refractivity contribution is -0.141. The number of aliphatic carboxylic acids is 1. The number of phenolic OH excluding ortho intramolecular Hbond substituents is 1. The van der Waals surface area contributed by atoms with Crippen molar-refractivity contribution in [2.24, 2.45) is 11.5 Å². The van der Waals surface area contributed by atoms with Gasteiger partial charge in [-0.2, -0.15) is 12.6 Å². The first-order valence-electron chi connectivity index (χ1n) is 10.1. The van der Waals surface area contributed by atoms with Gasteiger partial charge in [0.05, 0.1) is 12.6 Å². The molecule has 178 valence electrons. The summed E-state index contributed by atoms with van der Waals surface area (Å²) in [5, 5.41) is 25.5. The van der Waals surface area contributed by atoms with Gasteiger partial charge < -0.3 is 37.6 Å². The predicted octanol–water partition coefficient (Wildman–Crippen LogP) is -1.51. The molecule has 0 bridgehead atoms. The molecule has 3 amide bonds. The molecule has 32 heavy (non-hydrogen) atoms. The van der Waals surface area contributed by atoms with E-state index in [1.165, 1.54) is 12.1 Å². The number of nitrogens with one attached hydrogen (secondary N) is 3. The van der Waals surface area contributed by atoms with E-state index in [-0.39, 0.29) is 24.3 Å². The van der Waals surface area contributed by atoms with E-state index in [0.717, 1.165) is 5.56 Å². The number of amides is 3. The first kappa shape index (κ1) is 27.2. The van der Waals surface area contributed by atoms with Crippen LogP contribution in [0.1, 0.15) is 24.8 Å². The number of hydrogen-bond donors (Lipinski definition) is 8. The largest absolute Gasteiger partial charge is 0.508 e. The van der Waals surface area contributed by atoms with Crippen molar-refractivity contribution < 1.29 is 29.4 Å². The Morgan fingerprint density at radius 2 is 1.66 bits per heavy atom. The summed E-state index contributed by atoms with van der Waals surface area (Å²) in [7, 11) is 0. The van der Waals surface area contributed by atoms with Crippen LogP contribution in [0.5, 0.6) is 5.75 Å². The quantitative estimate of drug-likeness (QED) is 0.119. The third-order valence-electron chi connectivity index (χ3n) is 4.55. The van der Waals surface area contributed by atoms with E-state index in [1.54, 1.807) is 12.1 Å². The molecular formula is C20H31N5O6S. The summed E-state index contributed by atoms with van der Waals surface area (Å²) in [6, 6.07) is 3.20. The molecule has 0 radical (unpaired) electrons. The van der Waals surface area contributed by atoms with Crippen molar-refractivity contribution >= 4 is 36.3 Å². The molecule has 0 aliphatic rings. The summed E-state index contributed by atoms with van der Waals surface area (Å²) in [5.41, 5.74) is 12.2. The molecule has 3 unspecified atom stereocenters. The fourth-order valence-corrected chi connectivity index (χ4v) is 2.99. The molecule has 1 aromatic carbocycles. The Labute approximate surface area is 191 Å². The Kier molecular flexibility index (Phi) is 12.1. The molecule has 0 aromatic heterocycles. The molecule has 0 saturated carbocycles. The number of thiol groups is 1. The highest BCUT2D eigenvalue weighted by molar-refractivity contribution is 7.80. The van der Waals surface area contributed by atoms with Gasteiger partial charge in [-0.05, 0) is 49.9 Å². The molecule has 0 aliphatic carbocycles. The number of hydrogen-bond acceptors (Lipinski definition) is 8. The van der Waals surface area contributed by atoms with Crippen molar-refractivity contribution in [1.82, 2.24) is 16.0 Å². The van der Waals surface area contributed by atoms with Gasteiger partial charge in [-0.3, -0.25) is 14.4 Å². The highest BCUT2D eigenvalue weighted by atomic mass is 32.1. The second kappa shape index (κ2) is 14.3. The molecule has 0 saturated heterocycles. The van der Waals surface area contributed by atoms with E-state index in [2.05, 4.69) is 28.6 Å². The summed E-state index contributed by atoms with van der Waals surface area (Å²) in [4.78, 5) is 47.9. The van der Waals surface area contributed by atoms with Gasteiger partial charge in [0, 0.05) is 5.75 Å². The van der Waals surface area contributed by atoms with Crippen LogP contribution in [0.4, 0.5) is 0 Å². The fraction of sp³-hybridized carbons (Fsp3) is 0.500. The third-order valence-corrected chi connectivity index (χ3v) is 4.91. The zero-order chi connectivity index (χ0) is 24.1. The van der Waals surface area contributed by atoms with Crippen LogP contribution >= 0.6 is 12.6 Å². The van der Waals surface area contributed by atoms with E-state index >= 15 is 0 Å². The van der Waals surface area contributed by atoms with Gasteiger partial charge in [0.1, 0.15) is 17.8 Å². The normalized spacial score (nSPS) is 13.5. The molecule has 0 aliphatic heterocycles. The maximum Gasteiger partial charge on any atom is 0.327 e. The number of carbonyl (C=O) groups is 4. The minimum atomic E-state index is -1.24. The predicted molar refractivity (Wildman–Crippen MR) is 121 cm³/mol. The van der Waals surface area contributed by atoms with Crippen LogP contribution in [0.15, 0.2) is 24.3 Å². The van der Waals surface area contributed by atoms with Crippen molar-refractivity contribution in [2.75, 3.05) is 18.8 Å². The minimum Gasteiger partial charge on any atom is -0.508 e. The summed E-state index contributed by atoms with van der Waals surface area (Å²) in [5.74, 6) is -3.09. The van der Waals surface area contributed by atoms with E-state index in [4.69, 9.17) is 16.6 Å². The molecule has 9 N–H and O–H groups in total. The van der Waals surface area contributed by atoms with E-state index in [0.29, 0.717) is 19.4 Å². The van der Waals surface area contributed by atoms with Gasteiger partial charge in [0.15, 0.2) is 0 Å². The van der Waals surface area contributed by atoms with Gasteiger partial charge >= 0.3 is 5.97 Å². The minimum absolute atomic E-state index is 0.0940. The van der Waals surface area contributed by atoms with Gasteiger partial charge in [-0.1, -0.05) is 12.1 Å². The number of carboxylic acid groups (broad SMARTS) is 1. The Morgan fingerprint density at radius 1 is 1.00 bits per heavy atom. The standard InChI is InChI=1S/C20H31N5O6S/c21-8-2-1-3-15(19(29)23-10-17(27)24-16(11-32)20(30)31)25-18(28)14(22)9-12-4-6-13(26)7-5-12/h4-7,14-16,26,32H,1-3,8-11,21-22H2,(H,23,29)(H,24,27)(H,25,28)(H,30,31). The topological polar surface area (TPSA) is 197 Å². The number of aromatic hydroxyl groups is 1. The average Bonchev–Trinajstić information content (AvgIpc) is 2.76.